The van der Waals surface area contributed by atoms with Gasteiger partial charge in [-0.05, 0) is 43.0 Å². The first-order chi connectivity index (χ1) is 13.2. The Hall–Kier alpha value is -2.54. The third-order valence-corrected chi connectivity index (χ3v) is 5.81. The zero-order valence-electron chi connectivity index (χ0n) is 17.0. The summed E-state index contributed by atoms with van der Waals surface area (Å²) in [6, 6.07) is 11.6. The van der Waals surface area contributed by atoms with E-state index in [9.17, 15) is 13.2 Å². The lowest BCUT2D eigenvalue weighted by Gasteiger charge is -2.30. The molecule has 0 bridgehead atoms. The molecule has 0 saturated heterocycles. The lowest BCUT2D eigenvalue weighted by atomic mass is 10.0. The van der Waals surface area contributed by atoms with Gasteiger partial charge in [-0.2, -0.15) is 0 Å². The van der Waals surface area contributed by atoms with E-state index in [0.29, 0.717) is 17.9 Å². The third kappa shape index (κ3) is 4.84. The number of anilines is 2. The highest BCUT2D eigenvalue weighted by Gasteiger charge is 2.32. The van der Waals surface area contributed by atoms with E-state index in [0.717, 1.165) is 33.8 Å². The van der Waals surface area contributed by atoms with Gasteiger partial charge in [0.15, 0.2) is 0 Å². The van der Waals surface area contributed by atoms with Crippen molar-refractivity contribution in [2.45, 2.75) is 39.7 Å². The van der Waals surface area contributed by atoms with Gasteiger partial charge in [0.1, 0.15) is 11.8 Å². The van der Waals surface area contributed by atoms with Crippen LogP contribution in [-0.2, 0) is 21.2 Å². The van der Waals surface area contributed by atoms with Crippen LogP contribution in [0.2, 0.25) is 0 Å². The summed E-state index contributed by atoms with van der Waals surface area (Å²) in [6.45, 7) is 5.73. The molecule has 0 aliphatic heterocycles. The zero-order valence-corrected chi connectivity index (χ0v) is 17.8. The summed E-state index contributed by atoms with van der Waals surface area (Å²) in [5.41, 5.74) is 3.09. The topological polar surface area (TPSA) is 75.7 Å². The Kier molecular flexibility index (Phi) is 7.07. The van der Waals surface area contributed by atoms with Crippen molar-refractivity contribution in [2.75, 3.05) is 23.0 Å². The van der Waals surface area contributed by atoms with E-state index in [1.54, 1.807) is 31.2 Å². The summed E-state index contributed by atoms with van der Waals surface area (Å²) < 4.78 is 31.5. The summed E-state index contributed by atoms with van der Waals surface area (Å²) >= 11 is 0. The number of hydrogen-bond acceptors (Lipinski definition) is 4. The Morgan fingerprint density at radius 1 is 1.18 bits per heavy atom. The lowest BCUT2D eigenvalue weighted by molar-refractivity contribution is -0.117. The van der Waals surface area contributed by atoms with Crippen molar-refractivity contribution in [2.24, 2.45) is 0 Å². The molecule has 28 heavy (non-hydrogen) atoms. The van der Waals surface area contributed by atoms with Crippen LogP contribution in [0, 0.1) is 6.92 Å². The highest BCUT2D eigenvalue weighted by Crippen LogP contribution is 2.28. The molecule has 0 fully saturated rings. The number of carbonyl (C=O) groups excluding carboxylic acids is 1. The fraction of sp³-hybridized carbons (Fsp3) is 0.381. The molecule has 0 saturated carbocycles. The van der Waals surface area contributed by atoms with Crippen LogP contribution in [0.4, 0.5) is 11.4 Å². The molecule has 0 aliphatic rings. The fourth-order valence-electron chi connectivity index (χ4n) is 3.22. The molecule has 2 aromatic rings. The number of para-hydroxylation sites is 1. The fourth-order valence-corrected chi connectivity index (χ4v) is 4.42. The van der Waals surface area contributed by atoms with Crippen molar-refractivity contribution in [1.29, 1.82) is 0 Å². The summed E-state index contributed by atoms with van der Waals surface area (Å²) in [7, 11) is -2.19. The van der Waals surface area contributed by atoms with E-state index < -0.39 is 16.1 Å². The maximum absolute atomic E-state index is 13.1. The normalized spacial score (nSPS) is 12.3. The average molecular weight is 405 g/mol. The summed E-state index contributed by atoms with van der Waals surface area (Å²) in [5, 5.41) is 2.96. The number of amides is 1. The maximum atomic E-state index is 13.1. The highest BCUT2D eigenvalue weighted by atomic mass is 32.2. The Morgan fingerprint density at radius 3 is 2.43 bits per heavy atom. The van der Waals surface area contributed by atoms with Crippen molar-refractivity contribution < 1.29 is 17.9 Å². The molecule has 0 spiro atoms. The predicted octanol–water partition coefficient (Wildman–Crippen LogP) is 3.75. The van der Waals surface area contributed by atoms with Crippen LogP contribution in [-0.4, -0.2) is 33.7 Å². The molecule has 1 atom stereocenters. The highest BCUT2D eigenvalue weighted by molar-refractivity contribution is 7.92. The van der Waals surface area contributed by atoms with Crippen LogP contribution in [0.15, 0.2) is 42.5 Å². The third-order valence-electron chi connectivity index (χ3n) is 4.63. The van der Waals surface area contributed by atoms with Gasteiger partial charge in [0.2, 0.25) is 15.9 Å². The average Bonchev–Trinajstić information content (AvgIpc) is 2.66. The van der Waals surface area contributed by atoms with Crippen molar-refractivity contribution in [3.63, 3.8) is 0 Å². The number of rotatable bonds is 8. The number of nitrogens with one attached hydrogen (secondary N) is 1. The van der Waals surface area contributed by atoms with Crippen LogP contribution in [0.5, 0.6) is 5.75 Å². The Balaban J connectivity index is 2.45. The summed E-state index contributed by atoms with van der Waals surface area (Å²) in [4.78, 5) is 13.1. The number of methoxy groups -OCH3 is 1. The standard InChI is InChI=1S/C21H28N2O4S/c1-6-16-11-8-10-15(3)20(16)22-21(24)19(7-2)23(28(5,25)26)17-12-9-13-18(14-17)27-4/h8-14,19H,6-7H2,1-5H3,(H,22,24)/t19-/m1/s1. The van der Waals surface area contributed by atoms with Gasteiger partial charge in [-0.15, -0.1) is 0 Å². The van der Waals surface area contributed by atoms with Crippen LogP contribution >= 0.6 is 0 Å². The van der Waals surface area contributed by atoms with E-state index >= 15 is 0 Å². The van der Waals surface area contributed by atoms with Crippen molar-refractivity contribution in [3.05, 3.63) is 53.6 Å². The monoisotopic (exact) mass is 404 g/mol. The minimum Gasteiger partial charge on any atom is -0.497 e. The minimum atomic E-state index is -3.70. The van der Waals surface area contributed by atoms with Crippen molar-refractivity contribution in [1.82, 2.24) is 0 Å². The quantitative estimate of drug-likeness (QED) is 0.727. The Bertz CT molecular complexity index is 941. The van der Waals surface area contributed by atoms with Gasteiger partial charge in [0.05, 0.1) is 19.1 Å². The summed E-state index contributed by atoms with van der Waals surface area (Å²) in [5.74, 6) is 0.160. The molecule has 2 rings (SSSR count). The second kappa shape index (κ2) is 9.10. The summed E-state index contributed by atoms with van der Waals surface area (Å²) in [6.07, 6.45) is 2.19. The molecule has 0 heterocycles. The van der Waals surface area contributed by atoms with Gasteiger partial charge in [0, 0.05) is 11.8 Å². The number of hydrogen-bond donors (Lipinski definition) is 1. The number of ether oxygens (including phenoxy) is 1. The van der Waals surface area contributed by atoms with E-state index in [2.05, 4.69) is 5.32 Å². The number of benzene rings is 2. The molecule has 0 unspecified atom stereocenters. The number of sulfonamides is 1. The Morgan fingerprint density at radius 2 is 1.86 bits per heavy atom. The SMILES string of the molecule is CCc1cccc(C)c1NC(=O)[C@@H](CC)N(c1cccc(OC)c1)S(C)(=O)=O. The molecule has 2 aromatic carbocycles. The number of aryl methyl sites for hydroxylation is 2. The molecule has 1 N–H and O–H groups in total. The van der Waals surface area contributed by atoms with E-state index in [1.165, 1.54) is 7.11 Å². The van der Waals surface area contributed by atoms with Gasteiger partial charge in [-0.1, -0.05) is 38.1 Å². The Labute approximate surface area is 167 Å². The van der Waals surface area contributed by atoms with Crippen molar-refractivity contribution in [3.8, 4) is 5.75 Å². The van der Waals surface area contributed by atoms with Gasteiger partial charge < -0.3 is 10.1 Å². The minimum absolute atomic E-state index is 0.323. The smallest absolute Gasteiger partial charge is 0.248 e. The molecular weight excluding hydrogens is 376 g/mol. The molecule has 0 aromatic heterocycles. The largest absolute Gasteiger partial charge is 0.497 e. The van der Waals surface area contributed by atoms with Crippen LogP contribution < -0.4 is 14.4 Å². The maximum Gasteiger partial charge on any atom is 0.248 e. The molecule has 0 radical (unpaired) electrons. The van der Waals surface area contributed by atoms with Gasteiger partial charge in [-0.3, -0.25) is 9.10 Å². The van der Waals surface area contributed by atoms with Gasteiger partial charge >= 0.3 is 0 Å². The second-order valence-electron chi connectivity index (χ2n) is 6.64. The van der Waals surface area contributed by atoms with Crippen LogP contribution in [0.25, 0.3) is 0 Å². The molecule has 0 aliphatic carbocycles. The van der Waals surface area contributed by atoms with E-state index in [4.69, 9.17) is 4.74 Å². The zero-order chi connectivity index (χ0) is 20.9. The molecular formula is C21H28N2O4S. The first-order valence-corrected chi connectivity index (χ1v) is 11.1. The number of carbonyl (C=O) groups is 1. The van der Waals surface area contributed by atoms with Crippen LogP contribution in [0.3, 0.4) is 0 Å². The van der Waals surface area contributed by atoms with Gasteiger partial charge in [0.25, 0.3) is 0 Å². The van der Waals surface area contributed by atoms with Gasteiger partial charge in [-0.25, -0.2) is 8.42 Å². The first kappa shape index (κ1) is 21.8. The molecule has 152 valence electrons. The predicted molar refractivity (Wildman–Crippen MR) is 114 cm³/mol. The number of nitrogens with zero attached hydrogens (tertiary/aromatic N) is 1. The second-order valence-corrected chi connectivity index (χ2v) is 8.50. The molecule has 6 nitrogen and oxygen atoms in total. The lowest BCUT2D eigenvalue weighted by Crippen LogP contribution is -2.47. The van der Waals surface area contributed by atoms with Crippen molar-refractivity contribution >= 4 is 27.3 Å². The van der Waals surface area contributed by atoms with E-state index in [1.807, 2.05) is 32.0 Å². The van der Waals surface area contributed by atoms with Crippen LogP contribution in [0.1, 0.15) is 31.4 Å². The van der Waals surface area contributed by atoms with E-state index in [-0.39, 0.29) is 5.91 Å². The molecule has 1 amide bonds. The molecule has 7 heteroatoms. The first-order valence-electron chi connectivity index (χ1n) is 9.25.